The Balaban J connectivity index is 0.00000289. The maximum Gasteiger partial charge on any atom is 0.407 e. The molecule has 1 aromatic heterocycles. The maximum atomic E-state index is 12.2. The van der Waals surface area contributed by atoms with Gasteiger partial charge in [0.2, 0.25) is 0 Å². The Bertz CT molecular complexity index is 1190. The monoisotopic (exact) mass is 498 g/mol. The summed E-state index contributed by atoms with van der Waals surface area (Å²) in [5, 5.41) is 14.3. The topological polar surface area (TPSA) is 96.8 Å². The van der Waals surface area contributed by atoms with Crippen molar-refractivity contribution in [3.63, 3.8) is 0 Å². The lowest BCUT2D eigenvalue weighted by atomic mass is 9.97. The third-order valence-electron chi connectivity index (χ3n) is 6.49. The fourth-order valence-electron chi connectivity index (χ4n) is 4.70. The highest BCUT2D eigenvalue weighted by atomic mass is 35.5. The van der Waals surface area contributed by atoms with Crippen molar-refractivity contribution < 1.29 is 19.4 Å². The van der Waals surface area contributed by atoms with E-state index in [1.54, 1.807) is 12.1 Å². The number of fused-ring (bicyclic) bond motifs is 1. The van der Waals surface area contributed by atoms with Gasteiger partial charge in [-0.05, 0) is 55.5 Å². The van der Waals surface area contributed by atoms with E-state index in [0.717, 1.165) is 54.6 Å². The van der Waals surface area contributed by atoms with Gasteiger partial charge in [-0.15, -0.1) is 12.4 Å². The maximum absolute atomic E-state index is 12.2. The molecular formula is C26H31ClN4O4. The second kappa shape index (κ2) is 11.1. The zero-order chi connectivity index (χ0) is 23.5. The van der Waals surface area contributed by atoms with Gasteiger partial charge in [0.15, 0.2) is 5.82 Å². The SMILES string of the molecule is Cc1ccc2c(N3CCC[C@@H](CNC(=O)O[C@H]4CCOC4)C3)nc(-c3ccccc3O)nc2c1.Cl. The Kier molecular flexibility index (Phi) is 7.93. The van der Waals surface area contributed by atoms with Crippen LogP contribution in [0, 0.1) is 12.8 Å². The van der Waals surface area contributed by atoms with Crippen LogP contribution in [0.4, 0.5) is 10.6 Å². The summed E-state index contributed by atoms with van der Waals surface area (Å²) in [6, 6.07) is 13.3. The van der Waals surface area contributed by atoms with Gasteiger partial charge >= 0.3 is 6.09 Å². The van der Waals surface area contributed by atoms with Crippen molar-refractivity contribution in [3.8, 4) is 17.1 Å². The number of ether oxygens (including phenoxy) is 2. The van der Waals surface area contributed by atoms with Gasteiger partial charge in [-0.2, -0.15) is 0 Å². The van der Waals surface area contributed by atoms with Crippen LogP contribution in [-0.4, -0.2) is 60.1 Å². The van der Waals surface area contributed by atoms with E-state index in [0.29, 0.717) is 31.1 Å². The summed E-state index contributed by atoms with van der Waals surface area (Å²) in [5.74, 6) is 1.81. The number of anilines is 1. The highest BCUT2D eigenvalue weighted by molar-refractivity contribution is 5.92. The zero-order valence-corrected chi connectivity index (χ0v) is 20.6. The second-order valence-electron chi connectivity index (χ2n) is 9.13. The molecule has 2 atom stereocenters. The minimum Gasteiger partial charge on any atom is -0.507 e. The number of carbonyl (C=O) groups excluding carboxylic acids is 1. The van der Waals surface area contributed by atoms with Gasteiger partial charge in [-0.1, -0.05) is 18.2 Å². The van der Waals surface area contributed by atoms with Crippen molar-refractivity contribution in [2.45, 2.75) is 32.3 Å². The molecule has 9 heteroatoms. The molecular weight excluding hydrogens is 468 g/mol. The number of rotatable bonds is 5. The number of aryl methyl sites for hydroxylation is 1. The summed E-state index contributed by atoms with van der Waals surface area (Å²) in [6.07, 6.45) is 2.26. The lowest BCUT2D eigenvalue weighted by Crippen LogP contribution is -2.42. The number of aromatic nitrogens is 2. The van der Waals surface area contributed by atoms with E-state index < -0.39 is 0 Å². The number of benzene rings is 2. The smallest absolute Gasteiger partial charge is 0.407 e. The van der Waals surface area contributed by atoms with E-state index in [-0.39, 0.29) is 36.3 Å². The molecule has 2 saturated heterocycles. The molecule has 0 saturated carbocycles. The molecule has 8 nitrogen and oxygen atoms in total. The highest BCUT2D eigenvalue weighted by Crippen LogP contribution is 2.33. The van der Waals surface area contributed by atoms with E-state index in [1.165, 1.54) is 0 Å². The summed E-state index contributed by atoms with van der Waals surface area (Å²) < 4.78 is 10.7. The van der Waals surface area contributed by atoms with Gasteiger partial charge in [0.05, 0.1) is 24.3 Å². The highest BCUT2D eigenvalue weighted by Gasteiger charge is 2.25. The number of hydrogen-bond acceptors (Lipinski definition) is 7. The Morgan fingerprint density at radius 2 is 2.09 bits per heavy atom. The van der Waals surface area contributed by atoms with Crippen LogP contribution in [-0.2, 0) is 9.47 Å². The Hall–Kier alpha value is -3.10. The number of nitrogens with one attached hydrogen (secondary N) is 1. The van der Waals surface area contributed by atoms with Crippen molar-refractivity contribution in [1.29, 1.82) is 0 Å². The Morgan fingerprint density at radius 3 is 2.89 bits per heavy atom. The summed E-state index contributed by atoms with van der Waals surface area (Å²) in [6.45, 7) is 5.36. The third-order valence-corrected chi connectivity index (χ3v) is 6.49. The summed E-state index contributed by atoms with van der Waals surface area (Å²) in [7, 11) is 0. The number of para-hydroxylation sites is 1. The first-order valence-corrected chi connectivity index (χ1v) is 11.9. The van der Waals surface area contributed by atoms with Crippen molar-refractivity contribution in [3.05, 3.63) is 48.0 Å². The van der Waals surface area contributed by atoms with Crippen LogP contribution >= 0.6 is 12.4 Å². The number of alkyl carbamates (subject to hydrolysis) is 1. The lowest BCUT2D eigenvalue weighted by molar-refractivity contribution is 0.0821. The number of phenolic OH excluding ortho intramolecular Hbond substituents is 1. The number of nitrogens with zero attached hydrogens (tertiary/aromatic N) is 3. The van der Waals surface area contributed by atoms with Crippen LogP contribution < -0.4 is 10.2 Å². The Labute approximate surface area is 211 Å². The lowest BCUT2D eigenvalue weighted by Gasteiger charge is -2.34. The molecule has 0 spiro atoms. The van der Waals surface area contributed by atoms with Crippen molar-refractivity contribution in [1.82, 2.24) is 15.3 Å². The molecule has 2 N–H and O–H groups in total. The number of amides is 1. The largest absolute Gasteiger partial charge is 0.507 e. The van der Waals surface area contributed by atoms with E-state index in [9.17, 15) is 9.90 Å². The fraction of sp³-hybridized carbons (Fsp3) is 0.423. The molecule has 0 bridgehead atoms. The molecule has 5 rings (SSSR count). The standard InChI is InChI=1S/C26H30N4O4.ClH/c1-17-8-9-20-22(13-17)28-24(21-6-2-3-7-23(21)31)29-25(20)30-11-4-5-18(15-30)14-27-26(32)34-19-10-12-33-16-19;/h2-3,6-9,13,18-19,31H,4-5,10-12,14-16H2,1H3,(H,27,32);1H/t18-,19-;/m0./s1. The average molecular weight is 499 g/mol. The van der Waals surface area contributed by atoms with Crippen LogP contribution in [0.1, 0.15) is 24.8 Å². The van der Waals surface area contributed by atoms with E-state index >= 15 is 0 Å². The van der Waals surface area contributed by atoms with Crippen LogP contribution in [0.15, 0.2) is 42.5 Å². The minimum absolute atomic E-state index is 0. The molecule has 3 heterocycles. The van der Waals surface area contributed by atoms with Crippen LogP contribution in [0.25, 0.3) is 22.3 Å². The second-order valence-corrected chi connectivity index (χ2v) is 9.13. The van der Waals surface area contributed by atoms with Crippen molar-refractivity contribution in [2.24, 2.45) is 5.92 Å². The number of halogens is 1. The molecule has 2 aromatic carbocycles. The van der Waals surface area contributed by atoms with Gasteiger partial charge in [0.1, 0.15) is 17.7 Å². The van der Waals surface area contributed by atoms with Gasteiger partial charge in [0, 0.05) is 31.4 Å². The Morgan fingerprint density at radius 1 is 1.23 bits per heavy atom. The predicted octanol–water partition coefficient (Wildman–Crippen LogP) is 4.46. The summed E-state index contributed by atoms with van der Waals surface area (Å²) >= 11 is 0. The van der Waals surface area contributed by atoms with E-state index in [4.69, 9.17) is 19.4 Å². The van der Waals surface area contributed by atoms with E-state index in [1.807, 2.05) is 19.1 Å². The first-order valence-electron chi connectivity index (χ1n) is 11.9. The molecule has 2 aliphatic rings. The number of piperidine rings is 1. The molecule has 0 radical (unpaired) electrons. The van der Waals surface area contributed by atoms with Crippen LogP contribution in [0.2, 0.25) is 0 Å². The quantitative estimate of drug-likeness (QED) is 0.536. The normalized spacial score (nSPS) is 19.9. The first-order chi connectivity index (χ1) is 16.6. The molecule has 186 valence electrons. The first kappa shape index (κ1) is 25.0. The van der Waals surface area contributed by atoms with Crippen molar-refractivity contribution in [2.75, 3.05) is 37.7 Å². The van der Waals surface area contributed by atoms with Crippen LogP contribution in [0.3, 0.4) is 0 Å². The minimum atomic E-state index is -0.377. The van der Waals surface area contributed by atoms with E-state index in [2.05, 4.69) is 28.4 Å². The molecule has 0 unspecified atom stereocenters. The summed E-state index contributed by atoms with van der Waals surface area (Å²) in [5.41, 5.74) is 2.58. The molecule has 35 heavy (non-hydrogen) atoms. The molecule has 2 aliphatic heterocycles. The van der Waals surface area contributed by atoms with Gasteiger partial charge in [-0.3, -0.25) is 0 Å². The summed E-state index contributed by atoms with van der Waals surface area (Å²) in [4.78, 5) is 24.1. The van der Waals surface area contributed by atoms with Gasteiger partial charge in [-0.25, -0.2) is 14.8 Å². The predicted molar refractivity (Wildman–Crippen MR) is 137 cm³/mol. The molecule has 1 amide bonds. The molecule has 2 fully saturated rings. The fourth-order valence-corrected chi connectivity index (χ4v) is 4.70. The van der Waals surface area contributed by atoms with Crippen molar-refractivity contribution >= 4 is 35.2 Å². The number of aromatic hydroxyl groups is 1. The number of carbonyl (C=O) groups is 1. The average Bonchev–Trinajstić information content (AvgIpc) is 3.35. The van der Waals surface area contributed by atoms with Gasteiger partial charge in [0.25, 0.3) is 0 Å². The third kappa shape index (κ3) is 5.77. The molecule has 3 aromatic rings. The van der Waals surface area contributed by atoms with Crippen LogP contribution in [0.5, 0.6) is 5.75 Å². The molecule has 0 aliphatic carbocycles. The number of phenols is 1. The zero-order valence-electron chi connectivity index (χ0n) is 19.8. The van der Waals surface area contributed by atoms with Gasteiger partial charge < -0.3 is 24.8 Å². The number of hydrogen-bond donors (Lipinski definition) is 2.